The van der Waals surface area contributed by atoms with E-state index in [0.29, 0.717) is 21.9 Å². The largest absolute Gasteiger partial charge is 0.496 e. The lowest BCUT2D eigenvalue weighted by Gasteiger charge is -2.29. The van der Waals surface area contributed by atoms with Gasteiger partial charge in [0.15, 0.2) is 5.78 Å². The van der Waals surface area contributed by atoms with Gasteiger partial charge in [-0.25, -0.2) is 0 Å². The van der Waals surface area contributed by atoms with Gasteiger partial charge in [-0.2, -0.15) is 0 Å². The molecule has 0 aliphatic heterocycles. The molecule has 1 aromatic rings. The molecule has 0 fully saturated rings. The lowest BCUT2D eigenvalue weighted by Crippen LogP contribution is -2.30. The minimum absolute atomic E-state index is 0.0137. The SMILES string of the molecule is COc1ccc(Cl)c2c1C(=O)CC(C(=O)O)C2C. The molecule has 0 heterocycles. The van der Waals surface area contributed by atoms with Crippen LogP contribution >= 0.6 is 11.6 Å². The van der Waals surface area contributed by atoms with Crippen molar-refractivity contribution in [1.29, 1.82) is 0 Å². The van der Waals surface area contributed by atoms with Gasteiger partial charge in [0.2, 0.25) is 0 Å². The number of carbonyl (C=O) groups is 2. The van der Waals surface area contributed by atoms with Gasteiger partial charge >= 0.3 is 5.97 Å². The van der Waals surface area contributed by atoms with Gasteiger partial charge in [0.1, 0.15) is 5.75 Å². The van der Waals surface area contributed by atoms with E-state index < -0.39 is 11.9 Å². The number of fused-ring (bicyclic) bond motifs is 1. The number of methoxy groups -OCH3 is 1. The van der Waals surface area contributed by atoms with Crippen LogP contribution in [0.1, 0.15) is 35.2 Å². The fraction of sp³-hybridized carbons (Fsp3) is 0.385. The third kappa shape index (κ3) is 1.86. The maximum absolute atomic E-state index is 12.1. The number of hydrogen-bond donors (Lipinski definition) is 1. The summed E-state index contributed by atoms with van der Waals surface area (Å²) >= 11 is 6.10. The van der Waals surface area contributed by atoms with Crippen LogP contribution in [-0.2, 0) is 4.79 Å². The molecule has 0 bridgehead atoms. The highest BCUT2D eigenvalue weighted by Gasteiger charge is 2.38. The van der Waals surface area contributed by atoms with E-state index in [1.165, 1.54) is 7.11 Å². The maximum Gasteiger partial charge on any atom is 0.307 e. The number of ketones is 1. The number of carboxylic acids is 1. The topological polar surface area (TPSA) is 63.6 Å². The molecule has 1 aliphatic rings. The predicted molar refractivity (Wildman–Crippen MR) is 66.5 cm³/mol. The maximum atomic E-state index is 12.1. The quantitative estimate of drug-likeness (QED) is 0.896. The van der Waals surface area contributed by atoms with Crippen molar-refractivity contribution in [3.05, 3.63) is 28.3 Å². The number of Topliss-reactive ketones (excluding diaryl/α,β-unsaturated/α-hetero) is 1. The van der Waals surface area contributed by atoms with E-state index >= 15 is 0 Å². The monoisotopic (exact) mass is 268 g/mol. The molecule has 0 amide bonds. The minimum Gasteiger partial charge on any atom is -0.496 e. The Morgan fingerprint density at radius 3 is 2.72 bits per heavy atom. The number of aliphatic carboxylic acids is 1. The highest BCUT2D eigenvalue weighted by Crippen LogP contribution is 2.43. The Labute approximate surface area is 110 Å². The molecule has 18 heavy (non-hydrogen) atoms. The van der Waals surface area contributed by atoms with Crippen molar-refractivity contribution in [2.45, 2.75) is 19.3 Å². The van der Waals surface area contributed by atoms with Gasteiger partial charge in [-0.3, -0.25) is 9.59 Å². The van der Waals surface area contributed by atoms with Gasteiger partial charge in [0, 0.05) is 11.4 Å². The smallest absolute Gasteiger partial charge is 0.307 e. The molecular weight excluding hydrogens is 256 g/mol. The number of benzene rings is 1. The number of rotatable bonds is 2. The van der Waals surface area contributed by atoms with E-state index in [1.54, 1.807) is 19.1 Å². The van der Waals surface area contributed by atoms with Crippen LogP contribution < -0.4 is 4.74 Å². The van der Waals surface area contributed by atoms with Crippen LogP contribution in [-0.4, -0.2) is 24.0 Å². The Kier molecular flexibility index (Phi) is 3.30. The first-order valence-corrected chi connectivity index (χ1v) is 5.97. The summed E-state index contributed by atoms with van der Waals surface area (Å²) in [6.45, 7) is 1.77. The number of halogens is 1. The van der Waals surface area contributed by atoms with Gasteiger partial charge in [0.25, 0.3) is 0 Å². The second-order valence-corrected chi connectivity index (χ2v) is 4.81. The second-order valence-electron chi connectivity index (χ2n) is 4.40. The zero-order chi connectivity index (χ0) is 13.4. The van der Waals surface area contributed by atoms with E-state index in [-0.39, 0.29) is 18.1 Å². The standard InChI is InChI=1S/C13H13ClO4/c1-6-7(13(16)17)5-9(15)12-10(18-2)4-3-8(14)11(6)12/h3-4,6-7H,5H2,1-2H3,(H,16,17). The average Bonchev–Trinajstić information content (AvgIpc) is 2.33. The Morgan fingerprint density at radius 1 is 1.50 bits per heavy atom. The zero-order valence-corrected chi connectivity index (χ0v) is 10.8. The van der Waals surface area contributed by atoms with Gasteiger partial charge in [-0.05, 0) is 23.6 Å². The minimum atomic E-state index is -0.972. The Balaban J connectivity index is 2.64. The van der Waals surface area contributed by atoms with Crippen LogP contribution in [0.5, 0.6) is 5.75 Å². The Hall–Kier alpha value is -1.55. The molecule has 0 saturated carbocycles. The molecule has 0 saturated heterocycles. The average molecular weight is 269 g/mol. The Bertz CT molecular complexity index is 524. The van der Waals surface area contributed by atoms with E-state index in [9.17, 15) is 9.59 Å². The Morgan fingerprint density at radius 2 is 2.17 bits per heavy atom. The summed E-state index contributed by atoms with van der Waals surface area (Å²) in [6, 6.07) is 3.26. The molecule has 4 nitrogen and oxygen atoms in total. The lowest BCUT2D eigenvalue weighted by atomic mass is 9.75. The van der Waals surface area contributed by atoms with Crippen LogP contribution in [0.2, 0.25) is 5.02 Å². The zero-order valence-electron chi connectivity index (χ0n) is 10.1. The molecule has 2 rings (SSSR count). The summed E-state index contributed by atoms with van der Waals surface area (Å²) in [5.74, 6) is -1.78. The molecular formula is C13H13ClO4. The number of carbonyl (C=O) groups excluding carboxylic acids is 1. The molecule has 5 heteroatoms. The molecule has 1 N–H and O–H groups in total. The van der Waals surface area contributed by atoms with E-state index in [2.05, 4.69) is 0 Å². The molecule has 2 unspecified atom stereocenters. The van der Waals surface area contributed by atoms with Gasteiger partial charge < -0.3 is 9.84 Å². The molecule has 2 atom stereocenters. The lowest BCUT2D eigenvalue weighted by molar-refractivity contribution is -0.142. The van der Waals surface area contributed by atoms with Crippen molar-refractivity contribution in [1.82, 2.24) is 0 Å². The van der Waals surface area contributed by atoms with E-state index in [4.69, 9.17) is 21.4 Å². The van der Waals surface area contributed by atoms with E-state index in [0.717, 1.165) is 0 Å². The highest BCUT2D eigenvalue weighted by atomic mass is 35.5. The third-order valence-corrected chi connectivity index (χ3v) is 3.76. The first-order valence-electron chi connectivity index (χ1n) is 5.59. The molecule has 1 aliphatic carbocycles. The summed E-state index contributed by atoms with van der Waals surface area (Å²) in [7, 11) is 1.48. The number of hydrogen-bond acceptors (Lipinski definition) is 3. The summed E-state index contributed by atoms with van der Waals surface area (Å²) in [4.78, 5) is 23.2. The van der Waals surface area contributed by atoms with Crippen LogP contribution in [0.15, 0.2) is 12.1 Å². The predicted octanol–water partition coefficient (Wildman–Crippen LogP) is 2.74. The van der Waals surface area contributed by atoms with Crippen molar-refractivity contribution < 1.29 is 19.4 Å². The molecule has 0 aromatic heterocycles. The summed E-state index contributed by atoms with van der Waals surface area (Å²) < 4.78 is 5.16. The highest BCUT2D eigenvalue weighted by molar-refractivity contribution is 6.32. The normalized spacial score (nSPS) is 22.5. The van der Waals surface area contributed by atoms with Gasteiger partial charge in [0.05, 0.1) is 18.6 Å². The van der Waals surface area contributed by atoms with Crippen molar-refractivity contribution >= 4 is 23.4 Å². The number of carboxylic acid groups (broad SMARTS) is 1. The fourth-order valence-corrected chi connectivity index (χ4v) is 2.79. The van der Waals surface area contributed by atoms with Crippen LogP contribution in [0.3, 0.4) is 0 Å². The van der Waals surface area contributed by atoms with Crippen LogP contribution in [0, 0.1) is 5.92 Å². The van der Waals surface area contributed by atoms with Crippen molar-refractivity contribution in [2.24, 2.45) is 5.92 Å². The summed E-state index contributed by atoms with van der Waals surface area (Å²) in [5.41, 5.74) is 1.01. The molecule has 1 aromatic carbocycles. The molecule has 96 valence electrons. The van der Waals surface area contributed by atoms with Gasteiger partial charge in [-0.15, -0.1) is 0 Å². The molecule has 0 spiro atoms. The van der Waals surface area contributed by atoms with Crippen molar-refractivity contribution in [2.75, 3.05) is 7.11 Å². The summed E-state index contributed by atoms with van der Waals surface area (Å²) in [5, 5.41) is 9.56. The van der Waals surface area contributed by atoms with Crippen LogP contribution in [0.25, 0.3) is 0 Å². The third-order valence-electron chi connectivity index (χ3n) is 3.43. The molecule has 0 radical (unpaired) electrons. The van der Waals surface area contributed by atoms with Crippen molar-refractivity contribution in [3.8, 4) is 5.75 Å². The first kappa shape index (κ1) is 12.9. The van der Waals surface area contributed by atoms with E-state index in [1.807, 2.05) is 0 Å². The van der Waals surface area contributed by atoms with Crippen LogP contribution in [0.4, 0.5) is 0 Å². The summed E-state index contributed by atoms with van der Waals surface area (Å²) in [6.07, 6.45) is -0.0137. The fourth-order valence-electron chi connectivity index (χ4n) is 2.46. The second kappa shape index (κ2) is 4.61. The number of ether oxygens (including phenoxy) is 1. The van der Waals surface area contributed by atoms with Gasteiger partial charge in [-0.1, -0.05) is 18.5 Å². The first-order chi connectivity index (χ1) is 8.47. The van der Waals surface area contributed by atoms with Crippen molar-refractivity contribution in [3.63, 3.8) is 0 Å².